The van der Waals surface area contributed by atoms with Crippen molar-refractivity contribution in [2.75, 3.05) is 37.9 Å². The van der Waals surface area contributed by atoms with Gasteiger partial charge in [0.25, 0.3) is 5.91 Å². The Morgan fingerprint density at radius 1 is 0.919 bits per heavy atom. The molecule has 0 bridgehead atoms. The number of fused-ring (bicyclic) bond motifs is 1. The first kappa shape index (κ1) is 25.7. The summed E-state index contributed by atoms with van der Waals surface area (Å²) in [5.41, 5.74) is 5.33. The average molecular weight is 500 g/mol. The molecule has 3 aromatic rings. The minimum absolute atomic E-state index is 0.203. The van der Waals surface area contributed by atoms with Crippen LogP contribution in [0.2, 0.25) is 0 Å². The van der Waals surface area contributed by atoms with Gasteiger partial charge in [0.1, 0.15) is 0 Å². The summed E-state index contributed by atoms with van der Waals surface area (Å²) in [4.78, 5) is 39.2. The lowest BCUT2D eigenvalue weighted by molar-refractivity contribution is -0.146. The Labute approximate surface area is 215 Å². The van der Waals surface area contributed by atoms with Crippen molar-refractivity contribution in [1.29, 1.82) is 0 Å². The van der Waals surface area contributed by atoms with Crippen molar-refractivity contribution in [2.24, 2.45) is 0 Å². The quantitative estimate of drug-likeness (QED) is 0.333. The van der Waals surface area contributed by atoms with E-state index in [9.17, 15) is 14.4 Å². The van der Waals surface area contributed by atoms with Gasteiger partial charge in [0.2, 0.25) is 0 Å². The van der Waals surface area contributed by atoms with Gasteiger partial charge in [0.15, 0.2) is 6.61 Å². The summed E-state index contributed by atoms with van der Waals surface area (Å²) < 4.78 is 9.81. The van der Waals surface area contributed by atoms with Crippen LogP contribution in [0.3, 0.4) is 0 Å². The normalized spacial score (nSPS) is 13.6. The number of nitrogens with zero attached hydrogens (tertiary/aromatic N) is 1. The molecule has 4 rings (SSSR count). The molecule has 2 N–H and O–H groups in total. The molecule has 1 heterocycles. The monoisotopic (exact) mass is 499 g/mol. The summed E-state index contributed by atoms with van der Waals surface area (Å²) >= 11 is 0. The first-order valence-electron chi connectivity index (χ1n) is 11.9. The third kappa shape index (κ3) is 6.23. The molecule has 190 valence electrons. The molecular weight excluding hydrogens is 470 g/mol. The molecule has 0 aromatic heterocycles. The Kier molecular flexibility index (Phi) is 8.00. The van der Waals surface area contributed by atoms with Crippen molar-refractivity contribution in [2.45, 2.75) is 13.5 Å². The summed E-state index contributed by atoms with van der Waals surface area (Å²) in [6.07, 6.45) is 0. The average Bonchev–Trinajstić information content (AvgIpc) is 3.22. The lowest BCUT2D eigenvalue weighted by Gasteiger charge is -2.16. The Morgan fingerprint density at radius 3 is 2.32 bits per heavy atom. The van der Waals surface area contributed by atoms with Gasteiger partial charge in [-0.3, -0.25) is 4.79 Å². The Bertz CT molecular complexity index is 1330. The van der Waals surface area contributed by atoms with E-state index in [1.807, 2.05) is 68.7 Å². The zero-order chi connectivity index (χ0) is 26.4. The molecule has 8 heteroatoms. The molecule has 0 saturated heterocycles. The van der Waals surface area contributed by atoms with Gasteiger partial charge in [-0.25, -0.2) is 9.59 Å². The number of hydrogen-bond acceptors (Lipinski definition) is 7. The number of rotatable bonds is 9. The van der Waals surface area contributed by atoms with Gasteiger partial charge in [-0.1, -0.05) is 48.5 Å². The molecule has 0 saturated carbocycles. The van der Waals surface area contributed by atoms with E-state index in [4.69, 9.17) is 9.47 Å². The van der Waals surface area contributed by atoms with E-state index in [0.717, 1.165) is 17.8 Å². The van der Waals surface area contributed by atoms with Gasteiger partial charge < -0.3 is 25.0 Å². The molecule has 37 heavy (non-hydrogen) atoms. The van der Waals surface area contributed by atoms with Crippen molar-refractivity contribution < 1.29 is 23.9 Å². The van der Waals surface area contributed by atoms with Crippen LogP contribution in [0, 0.1) is 0 Å². The van der Waals surface area contributed by atoms with Crippen LogP contribution >= 0.6 is 0 Å². The first-order chi connectivity index (χ1) is 17.9. The number of anilines is 2. The molecule has 0 fully saturated rings. The standard InChI is InChI=1S/C29H29N3O5/c1-4-36-25(33)18-37-29(35)21-12-15-23-24(16-21)31-28(34)26(23)27(20-8-6-5-7-9-20)30-22-13-10-19(11-14-22)17-32(2)3/h5-16,30H,4,17-18H2,1-3H3,(H,31,34)/b27-26-. The first-order valence-corrected chi connectivity index (χ1v) is 11.9. The Balaban J connectivity index is 1.66. The second-order valence-electron chi connectivity index (χ2n) is 8.77. The number of benzene rings is 3. The predicted molar refractivity (Wildman–Crippen MR) is 143 cm³/mol. The molecule has 0 aliphatic carbocycles. The zero-order valence-corrected chi connectivity index (χ0v) is 21.0. The fourth-order valence-electron chi connectivity index (χ4n) is 4.05. The maximum absolute atomic E-state index is 13.2. The summed E-state index contributed by atoms with van der Waals surface area (Å²) in [6, 6.07) is 22.5. The maximum atomic E-state index is 13.2. The summed E-state index contributed by atoms with van der Waals surface area (Å²) in [7, 11) is 4.04. The number of nitrogens with one attached hydrogen (secondary N) is 2. The fraction of sp³-hybridized carbons (Fsp3) is 0.207. The van der Waals surface area contributed by atoms with E-state index in [1.54, 1.807) is 25.1 Å². The number of esters is 2. The number of hydrogen-bond donors (Lipinski definition) is 2. The number of carbonyl (C=O) groups is 3. The van der Waals surface area contributed by atoms with Gasteiger partial charge in [0, 0.05) is 17.8 Å². The second kappa shape index (κ2) is 11.5. The molecular formula is C29H29N3O5. The van der Waals surface area contributed by atoms with E-state index in [0.29, 0.717) is 22.5 Å². The van der Waals surface area contributed by atoms with Crippen LogP contribution in [0.15, 0.2) is 72.8 Å². The third-order valence-electron chi connectivity index (χ3n) is 5.66. The third-order valence-corrected chi connectivity index (χ3v) is 5.66. The molecule has 0 radical (unpaired) electrons. The molecule has 8 nitrogen and oxygen atoms in total. The number of carbonyl (C=O) groups excluding carboxylic acids is 3. The van der Waals surface area contributed by atoms with Crippen LogP contribution in [0.5, 0.6) is 0 Å². The largest absolute Gasteiger partial charge is 0.463 e. The lowest BCUT2D eigenvalue weighted by Crippen LogP contribution is -2.16. The summed E-state index contributed by atoms with van der Waals surface area (Å²) in [6.45, 7) is 2.23. The smallest absolute Gasteiger partial charge is 0.344 e. The van der Waals surface area contributed by atoms with Crippen molar-refractivity contribution in [3.63, 3.8) is 0 Å². The van der Waals surface area contributed by atoms with Crippen molar-refractivity contribution in [1.82, 2.24) is 4.90 Å². The highest BCUT2D eigenvalue weighted by Gasteiger charge is 2.29. The molecule has 1 aliphatic rings. The molecule has 3 aromatic carbocycles. The van der Waals surface area contributed by atoms with Crippen molar-refractivity contribution in [3.8, 4) is 0 Å². The SMILES string of the molecule is CCOC(=O)COC(=O)c1ccc2c(c1)NC(=O)/C2=C(\Nc1ccc(CN(C)C)cc1)c1ccccc1. The van der Waals surface area contributed by atoms with Crippen LogP contribution in [-0.2, 0) is 25.6 Å². The topological polar surface area (TPSA) is 97.0 Å². The molecule has 0 unspecified atom stereocenters. The molecule has 1 amide bonds. The Morgan fingerprint density at radius 2 is 1.65 bits per heavy atom. The van der Waals surface area contributed by atoms with E-state index in [1.165, 1.54) is 5.56 Å². The second-order valence-corrected chi connectivity index (χ2v) is 8.77. The minimum Gasteiger partial charge on any atom is -0.463 e. The predicted octanol–water partition coefficient (Wildman–Crippen LogP) is 4.40. The van der Waals surface area contributed by atoms with Crippen LogP contribution in [-0.4, -0.2) is 50.1 Å². The van der Waals surface area contributed by atoms with E-state index >= 15 is 0 Å². The maximum Gasteiger partial charge on any atom is 0.344 e. The van der Waals surface area contributed by atoms with Crippen LogP contribution in [0.4, 0.5) is 11.4 Å². The van der Waals surface area contributed by atoms with E-state index < -0.39 is 18.5 Å². The summed E-state index contributed by atoms with van der Waals surface area (Å²) in [5, 5.41) is 6.29. The van der Waals surface area contributed by atoms with Crippen molar-refractivity contribution >= 4 is 40.5 Å². The van der Waals surface area contributed by atoms with Gasteiger partial charge in [-0.05, 0) is 56.4 Å². The highest BCUT2D eigenvalue weighted by Crippen LogP contribution is 2.38. The highest BCUT2D eigenvalue weighted by molar-refractivity contribution is 6.37. The fourth-order valence-corrected chi connectivity index (χ4v) is 4.05. The lowest BCUT2D eigenvalue weighted by atomic mass is 9.99. The zero-order valence-electron chi connectivity index (χ0n) is 21.0. The van der Waals surface area contributed by atoms with Crippen molar-refractivity contribution in [3.05, 3.63) is 95.1 Å². The molecule has 1 aliphatic heterocycles. The van der Waals surface area contributed by atoms with Gasteiger partial charge in [0.05, 0.1) is 29.1 Å². The number of ether oxygens (including phenoxy) is 2. The minimum atomic E-state index is -0.679. The Hall–Kier alpha value is -4.43. The highest BCUT2D eigenvalue weighted by atomic mass is 16.6. The van der Waals surface area contributed by atoms with Crippen LogP contribution < -0.4 is 10.6 Å². The van der Waals surface area contributed by atoms with Gasteiger partial charge in [-0.2, -0.15) is 0 Å². The van der Waals surface area contributed by atoms with Crippen LogP contribution in [0.1, 0.15) is 34.0 Å². The van der Waals surface area contributed by atoms with Crippen LogP contribution in [0.25, 0.3) is 11.3 Å². The molecule has 0 spiro atoms. The number of amides is 1. The molecule has 0 atom stereocenters. The van der Waals surface area contributed by atoms with E-state index in [-0.39, 0.29) is 18.1 Å². The summed E-state index contributed by atoms with van der Waals surface area (Å²) in [5.74, 6) is -1.59. The van der Waals surface area contributed by atoms with Gasteiger partial charge in [-0.15, -0.1) is 0 Å². The van der Waals surface area contributed by atoms with E-state index in [2.05, 4.69) is 15.5 Å². The van der Waals surface area contributed by atoms with Gasteiger partial charge >= 0.3 is 11.9 Å².